The van der Waals surface area contributed by atoms with Crippen molar-refractivity contribution < 1.29 is 41.9 Å². The van der Waals surface area contributed by atoms with Gasteiger partial charge in [0.2, 0.25) is 0 Å². The number of urea groups is 2. The molecular formula is C37H50Cl2I23N6O6-. The van der Waals surface area contributed by atoms with Gasteiger partial charge in [0.25, 0.3) is 0 Å². The van der Waals surface area contributed by atoms with Gasteiger partial charge in [-0.1, -0.05) is 47.5 Å². The van der Waals surface area contributed by atoms with Gasteiger partial charge < -0.3 is 29.5 Å². The third-order valence-electron chi connectivity index (χ3n) is 11.1. The average molecular weight is 3660 g/mol. The summed E-state index contributed by atoms with van der Waals surface area (Å²) >= 11 is 50.0. The minimum atomic E-state index is -0.507. The topological polar surface area (TPSA) is 115 Å². The van der Waals surface area contributed by atoms with Crippen molar-refractivity contribution in [3.8, 4) is 0 Å². The van der Waals surface area contributed by atoms with Crippen LogP contribution in [0.25, 0.3) is 0 Å². The van der Waals surface area contributed by atoms with Crippen molar-refractivity contribution in [2.24, 2.45) is 0 Å². The summed E-state index contributed by atoms with van der Waals surface area (Å²) in [6, 6.07) is 11.2. The van der Waals surface area contributed by atoms with E-state index in [2.05, 4.69) is 281 Å². The van der Waals surface area contributed by atoms with Crippen molar-refractivity contribution in [1.29, 1.82) is 0 Å². The van der Waals surface area contributed by atoms with Crippen molar-refractivity contribution in [2.75, 3.05) is 60.5 Å². The molecule has 4 saturated heterocycles. The number of rotatable bonds is 16. The van der Waals surface area contributed by atoms with E-state index >= 15 is 0 Å². The van der Waals surface area contributed by atoms with E-state index in [1.165, 1.54) is 25.3 Å². The fourth-order valence-electron chi connectivity index (χ4n) is 7.77. The van der Waals surface area contributed by atoms with E-state index in [-0.39, 0.29) is 107 Å². The Morgan fingerprint density at radius 3 is 1.41 bits per heavy atom. The molecule has 1 N–H and O–H groups in total. The van der Waals surface area contributed by atoms with E-state index in [0.29, 0.717) is 26.3 Å². The molecule has 6 rings (SSSR count). The molecule has 12 nitrogen and oxygen atoms in total. The van der Waals surface area contributed by atoms with Crippen LogP contribution < -0.4 is 18.6 Å². The number of benzene rings is 2. The van der Waals surface area contributed by atoms with Gasteiger partial charge in [-0.05, 0) is 73.9 Å². The summed E-state index contributed by atoms with van der Waals surface area (Å²) in [7, 11) is 1.60. The van der Waals surface area contributed by atoms with Gasteiger partial charge in [0.05, 0.1) is 27.3 Å². The van der Waals surface area contributed by atoms with Gasteiger partial charge in [0.15, 0.2) is 0 Å². The van der Waals surface area contributed by atoms with Crippen LogP contribution in [-0.2, 0) is 32.2 Å². The Labute approximate surface area is 618 Å². The first-order chi connectivity index (χ1) is 34.8. The molecule has 2 aromatic rings. The summed E-state index contributed by atoms with van der Waals surface area (Å²) in [6.07, 6.45) is 3.43. The van der Waals surface area contributed by atoms with Gasteiger partial charge in [-0.15, -0.1) is 0 Å². The molecule has 4 heterocycles. The SMILES string of the molecule is COC(=O)[C@H]1CN(C)C(=O)N1C1CCN(Cc2ccc(Cl)c(C)c2)CC1.COC(=O)[C@H]1CNC(=O)N1C1CCN(Cc2ccc(Cl)c(C)c2)CC1.II(I)I(I)I(I)I(I)I(I)I.I[I-]I(I)I(I)I(I)I(I)I. The Kier molecular flexibility index (Phi) is 48.5. The van der Waals surface area contributed by atoms with Crippen LogP contribution in [-0.4, -0.2) is 133 Å². The van der Waals surface area contributed by atoms with E-state index in [1.807, 2.05) is 26.0 Å². The number of nitrogens with one attached hydrogen (secondary N) is 1. The monoisotopic (exact) mass is 3660 g/mol. The van der Waals surface area contributed by atoms with Crippen LogP contribution in [0.1, 0.15) is 47.9 Å². The average Bonchev–Trinajstić information content (AvgIpc) is 3.92. The number of hydrogen-bond acceptors (Lipinski definition) is 8. The number of ether oxygens (including phenoxy) is 2. The van der Waals surface area contributed by atoms with Crippen LogP contribution >= 0.6 is 336 Å². The summed E-state index contributed by atoms with van der Waals surface area (Å²) in [5.41, 5.74) is 4.66. The number of carbonyl (C=O) groups excluding carboxylic acids is 4. The molecule has 74 heavy (non-hydrogen) atoms. The molecule has 4 aliphatic rings. The molecule has 0 radical (unpaired) electrons. The number of nitrogens with zero attached hydrogens (tertiary/aromatic N) is 5. The number of methoxy groups -OCH3 is 2. The molecule has 0 saturated carbocycles. The van der Waals surface area contributed by atoms with E-state index in [9.17, 15) is 19.2 Å². The Morgan fingerprint density at radius 2 is 1.03 bits per heavy atom. The second-order valence-electron chi connectivity index (χ2n) is 15.4. The second kappa shape index (κ2) is 44.0. The number of halogens is 25. The molecule has 4 fully saturated rings. The number of likely N-dealkylation sites (tertiary alicyclic amines) is 2. The quantitative estimate of drug-likeness (QED) is 0.131. The molecule has 0 unspecified atom stereocenters. The first-order valence-electron chi connectivity index (χ1n) is 20.6. The van der Waals surface area contributed by atoms with E-state index in [4.69, 9.17) is 32.7 Å². The maximum absolute atomic E-state index is 12.5. The Hall–Kier alpha value is 13.2. The number of piperidine rings is 2. The number of amides is 4. The molecule has 37 heteroatoms. The molecule has 440 valence electrons. The van der Waals surface area contributed by atoms with Crippen molar-refractivity contribution in [1.82, 2.24) is 29.8 Å². The van der Waals surface area contributed by atoms with Gasteiger partial charge >= 0.3 is 350 Å². The van der Waals surface area contributed by atoms with Crippen molar-refractivity contribution in [3.05, 3.63) is 68.7 Å². The number of carbonyl (C=O) groups is 4. The van der Waals surface area contributed by atoms with Crippen LogP contribution in [0.3, 0.4) is 0 Å². The summed E-state index contributed by atoms with van der Waals surface area (Å²) in [5, 5.41) is 4.33. The third kappa shape index (κ3) is 28.3. The van der Waals surface area contributed by atoms with Crippen LogP contribution in [0.15, 0.2) is 36.4 Å². The van der Waals surface area contributed by atoms with Crippen LogP contribution in [0.5, 0.6) is 0 Å². The molecule has 0 spiro atoms. The van der Waals surface area contributed by atoms with Crippen LogP contribution in [0, 0.1) is 13.8 Å². The predicted molar refractivity (Wildman–Crippen MR) is 504 cm³/mol. The zero-order chi connectivity index (χ0) is 55.7. The third-order valence-corrected chi connectivity index (χ3v) is 1250. The fraction of sp³-hybridized carbons (Fsp3) is 0.568. The zero-order valence-corrected chi connectivity index (χ0v) is 90.0. The summed E-state index contributed by atoms with van der Waals surface area (Å²) in [4.78, 5) is 58.4. The Balaban J connectivity index is 0.000000279. The van der Waals surface area contributed by atoms with Crippen molar-refractivity contribution >= 4 is 360 Å². The van der Waals surface area contributed by atoms with Crippen molar-refractivity contribution in [3.63, 3.8) is 0 Å². The Morgan fingerprint density at radius 1 is 0.635 bits per heavy atom. The predicted octanol–water partition coefficient (Wildman–Crippen LogP) is 21.2. The van der Waals surface area contributed by atoms with Gasteiger partial charge in [-0.2, -0.15) is 0 Å². The zero-order valence-electron chi connectivity index (χ0n) is 38.9. The second-order valence-corrected chi connectivity index (χ2v) is 471. The van der Waals surface area contributed by atoms with E-state index in [0.717, 1.165) is 86.1 Å². The van der Waals surface area contributed by atoms with Crippen molar-refractivity contribution in [2.45, 2.75) is 76.8 Å². The van der Waals surface area contributed by atoms with Crippen LogP contribution in [0.2, 0.25) is 10.0 Å². The Bertz CT molecular complexity index is 2100. The van der Waals surface area contributed by atoms with Crippen LogP contribution in [0.4, 0.5) is 9.59 Å². The maximum atomic E-state index is 12.5. The summed E-state index contributed by atoms with van der Waals surface area (Å²) < 4.78 is 9.72. The molecular weight excluding hydrogens is 3610 g/mol. The fourth-order valence-corrected chi connectivity index (χ4v) is 2310. The van der Waals surface area contributed by atoms with Gasteiger partial charge in [0, 0.05) is 68.4 Å². The van der Waals surface area contributed by atoms with Gasteiger partial charge in [-0.25, -0.2) is 19.2 Å². The summed E-state index contributed by atoms with van der Waals surface area (Å²) in [5.74, 6) is -0.681. The molecule has 0 aromatic heterocycles. The molecule has 2 aromatic carbocycles. The standard InChI is InChI=1S/C19H26ClN3O3.C18H24ClN3O3.I12.I11/c1-13-10-14(4-5-16(13)20)11-22-8-6-15(7-9-22)23-17(18(24)26-3)12-21(2)19(23)25;1-12-9-13(3-4-15(12)19)11-21-7-5-14(6-8-21)22-16(17(23)25-2)10-20-18(22)24;1-8(2)10(5)12(7)11(6)9(3)4;1-7-9(4)11(6)10(5)8(2)3/h4-5,10,15,17H,6-9,11-12H2,1-3H3;3-4,9,14,16H,5-8,10-11H2,1-2H3,(H,20,24);;/q;;;-1/t17-;16-;;/m11../s1. The van der Waals surface area contributed by atoms with Gasteiger partial charge in [0.1, 0.15) is 12.1 Å². The molecule has 0 bridgehead atoms. The summed E-state index contributed by atoms with van der Waals surface area (Å²) in [6.45, 7) is 10.1. The van der Waals surface area contributed by atoms with Gasteiger partial charge in [-0.3, -0.25) is 9.80 Å². The molecule has 4 aliphatic heterocycles. The number of esters is 2. The number of aryl methyl sites for hydroxylation is 2. The molecule has 2 atom stereocenters. The first kappa shape index (κ1) is 81.4. The molecule has 0 aliphatic carbocycles. The van der Waals surface area contributed by atoms with E-state index in [1.54, 1.807) is 21.7 Å². The number of likely N-dealkylation sites (N-methyl/N-ethyl adjacent to an activating group) is 1. The first-order valence-corrected chi connectivity index (χ1v) is 153. The minimum absolute atomic E-state index is 0.0767. The van der Waals surface area contributed by atoms with E-state index < -0.39 is 12.1 Å². The molecule has 4 amide bonds. The normalized spacial score (nSPS) is 20.4. The number of hydrogen-bond donors (Lipinski definition) is 1.